The van der Waals surface area contributed by atoms with Crippen molar-refractivity contribution in [2.24, 2.45) is 5.18 Å². The van der Waals surface area contributed by atoms with Gasteiger partial charge >= 0.3 is 0 Å². The number of aryl methyl sites for hydroxylation is 1. The van der Waals surface area contributed by atoms with Crippen LogP contribution in [0.4, 0.5) is 11.4 Å². The van der Waals surface area contributed by atoms with Crippen molar-refractivity contribution in [3.8, 4) is 5.75 Å². The Hall–Kier alpha value is -1.58. The molecule has 4 nitrogen and oxygen atoms in total. The minimum Gasteiger partial charge on any atom is -0.505 e. The average Bonchev–Trinajstić information content (AvgIpc) is 2.08. The van der Waals surface area contributed by atoms with E-state index in [9.17, 15) is 10.0 Å². The molecule has 0 radical (unpaired) electrons. The zero-order valence-electron chi connectivity index (χ0n) is 6.96. The lowest BCUT2D eigenvalue weighted by atomic mass is 10.1. The van der Waals surface area contributed by atoms with Crippen LogP contribution in [0.5, 0.6) is 5.75 Å². The number of rotatable bonds is 2. The van der Waals surface area contributed by atoms with Crippen LogP contribution in [0, 0.1) is 11.8 Å². The number of anilines is 1. The fourth-order valence-electron chi connectivity index (χ4n) is 1.02. The highest BCUT2D eigenvalue weighted by atomic mass is 16.3. The van der Waals surface area contributed by atoms with Gasteiger partial charge in [-0.15, -0.1) is 4.91 Å². The Kier molecular flexibility index (Phi) is 2.28. The largest absolute Gasteiger partial charge is 0.505 e. The predicted molar refractivity (Wildman–Crippen MR) is 47.8 cm³/mol. The average molecular weight is 166 g/mol. The van der Waals surface area contributed by atoms with Crippen molar-refractivity contribution in [2.45, 2.75) is 6.92 Å². The van der Waals surface area contributed by atoms with Crippen molar-refractivity contribution in [1.29, 1.82) is 0 Å². The van der Waals surface area contributed by atoms with Gasteiger partial charge < -0.3 is 10.4 Å². The number of nitrogens with one attached hydrogen (secondary N) is 1. The first-order valence-electron chi connectivity index (χ1n) is 3.53. The molecule has 0 fully saturated rings. The van der Waals surface area contributed by atoms with Gasteiger partial charge in [-0.05, 0) is 23.7 Å². The third-order valence-corrected chi connectivity index (χ3v) is 1.69. The lowest BCUT2D eigenvalue weighted by Crippen LogP contribution is -1.90. The van der Waals surface area contributed by atoms with Crippen LogP contribution < -0.4 is 5.32 Å². The summed E-state index contributed by atoms with van der Waals surface area (Å²) in [4.78, 5) is 10.1. The molecule has 0 unspecified atom stereocenters. The molecule has 0 amide bonds. The van der Waals surface area contributed by atoms with Crippen LogP contribution in [0.3, 0.4) is 0 Å². The van der Waals surface area contributed by atoms with Crippen molar-refractivity contribution in [2.75, 3.05) is 12.4 Å². The Morgan fingerprint density at radius 2 is 2.17 bits per heavy atom. The summed E-state index contributed by atoms with van der Waals surface area (Å²) in [5.74, 6) is -0.0973. The van der Waals surface area contributed by atoms with E-state index in [1.54, 1.807) is 7.05 Å². The standard InChI is InChI=1S/C8H10N2O2/c1-5-3-7(10-12)8(11)4-6(5)9-2/h3-4,9,11H,1-2H3. The number of nitroso groups, excluding NO2 is 1. The normalized spacial score (nSPS) is 9.50. The third kappa shape index (κ3) is 1.37. The summed E-state index contributed by atoms with van der Waals surface area (Å²) >= 11 is 0. The predicted octanol–water partition coefficient (Wildman–Crippen LogP) is 2.14. The number of hydrogen-bond donors (Lipinski definition) is 2. The number of benzene rings is 1. The molecule has 1 rings (SSSR count). The van der Waals surface area contributed by atoms with Crippen LogP contribution in [0.15, 0.2) is 17.3 Å². The van der Waals surface area contributed by atoms with Crippen LogP contribution in [-0.2, 0) is 0 Å². The summed E-state index contributed by atoms with van der Waals surface area (Å²) in [5, 5.41) is 14.8. The van der Waals surface area contributed by atoms with E-state index in [4.69, 9.17) is 0 Å². The first kappa shape index (κ1) is 8.52. The number of hydrogen-bond acceptors (Lipinski definition) is 4. The van der Waals surface area contributed by atoms with Gasteiger partial charge in [0, 0.05) is 18.8 Å². The molecule has 2 N–H and O–H groups in total. The van der Waals surface area contributed by atoms with Gasteiger partial charge in [0.2, 0.25) is 0 Å². The van der Waals surface area contributed by atoms with E-state index in [1.807, 2.05) is 6.92 Å². The zero-order valence-corrected chi connectivity index (χ0v) is 6.96. The molecule has 4 heteroatoms. The van der Waals surface area contributed by atoms with E-state index < -0.39 is 0 Å². The van der Waals surface area contributed by atoms with E-state index >= 15 is 0 Å². The first-order chi connectivity index (χ1) is 5.69. The SMILES string of the molecule is CNc1cc(O)c(N=O)cc1C. The van der Waals surface area contributed by atoms with Crippen molar-refractivity contribution >= 4 is 11.4 Å². The molecule has 0 aliphatic rings. The second-order valence-electron chi connectivity index (χ2n) is 2.50. The maximum Gasteiger partial charge on any atom is 0.150 e. The van der Waals surface area contributed by atoms with E-state index in [-0.39, 0.29) is 11.4 Å². The lowest BCUT2D eigenvalue weighted by Gasteiger charge is -2.05. The Morgan fingerprint density at radius 1 is 1.50 bits per heavy atom. The fraction of sp³-hybridized carbons (Fsp3) is 0.250. The Balaban J connectivity index is 3.25. The molecule has 0 saturated carbocycles. The molecule has 0 saturated heterocycles. The molecule has 0 atom stereocenters. The van der Waals surface area contributed by atoms with Crippen LogP contribution in [0.2, 0.25) is 0 Å². The van der Waals surface area contributed by atoms with Gasteiger partial charge in [-0.3, -0.25) is 0 Å². The molecule has 0 aliphatic heterocycles. The summed E-state index contributed by atoms with van der Waals surface area (Å²) in [7, 11) is 1.75. The van der Waals surface area contributed by atoms with Crippen molar-refractivity contribution < 1.29 is 5.11 Å². The van der Waals surface area contributed by atoms with Gasteiger partial charge in [-0.1, -0.05) is 0 Å². The molecule has 0 bridgehead atoms. The summed E-state index contributed by atoms with van der Waals surface area (Å²) < 4.78 is 0. The van der Waals surface area contributed by atoms with E-state index in [2.05, 4.69) is 10.5 Å². The smallest absolute Gasteiger partial charge is 0.150 e. The van der Waals surface area contributed by atoms with E-state index in [1.165, 1.54) is 12.1 Å². The first-order valence-corrected chi connectivity index (χ1v) is 3.53. The topological polar surface area (TPSA) is 61.7 Å². The lowest BCUT2D eigenvalue weighted by molar-refractivity contribution is 0.477. The molecule has 0 aliphatic carbocycles. The number of aromatic hydroxyl groups is 1. The highest BCUT2D eigenvalue weighted by molar-refractivity contribution is 5.64. The summed E-state index contributed by atoms with van der Waals surface area (Å²) in [6, 6.07) is 3.01. The van der Waals surface area contributed by atoms with Crippen LogP contribution >= 0.6 is 0 Å². The van der Waals surface area contributed by atoms with Crippen LogP contribution in [-0.4, -0.2) is 12.2 Å². The van der Waals surface area contributed by atoms with Gasteiger partial charge in [0.15, 0.2) is 0 Å². The molecule has 0 heterocycles. The Labute approximate surface area is 70.2 Å². The number of phenolic OH excluding ortho intramolecular Hbond substituents is 1. The summed E-state index contributed by atoms with van der Waals surface area (Å²) in [5.41, 5.74) is 1.75. The maximum atomic E-state index is 10.1. The fourth-order valence-corrected chi connectivity index (χ4v) is 1.02. The van der Waals surface area contributed by atoms with Gasteiger partial charge in [0.25, 0.3) is 0 Å². The monoisotopic (exact) mass is 166 g/mol. The Bertz CT molecular complexity index is 310. The van der Waals surface area contributed by atoms with Gasteiger partial charge in [-0.2, -0.15) is 0 Å². The second kappa shape index (κ2) is 3.21. The highest BCUT2D eigenvalue weighted by Crippen LogP contribution is 2.31. The van der Waals surface area contributed by atoms with Gasteiger partial charge in [-0.25, -0.2) is 0 Å². The van der Waals surface area contributed by atoms with Crippen molar-refractivity contribution in [1.82, 2.24) is 0 Å². The molecule has 1 aromatic carbocycles. The maximum absolute atomic E-state index is 10.1. The molecule has 12 heavy (non-hydrogen) atoms. The third-order valence-electron chi connectivity index (χ3n) is 1.69. The molecule has 1 aromatic rings. The van der Waals surface area contributed by atoms with Crippen LogP contribution in [0.25, 0.3) is 0 Å². The zero-order chi connectivity index (χ0) is 9.14. The minimum atomic E-state index is -0.0973. The Morgan fingerprint density at radius 3 is 2.67 bits per heavy atom. The molecular weight excluding hydrogens is 156 g/mol. The van der Waals surface area contributed by atoms with E-state index in [0.717, 1.165) is 11.3 Å². The van der Waals surface area contributed by atoms with Gasteiger partial charge in [0.05, 0.1) is 0 Å². The quantitative estimate of drug-likeness (QED) is 0.661. The van der Waals surface area contributed by atoms with Crippen LogP contribution in [0.1, 0.15) is 5.56 Å². The second-order valence-corrected chi connectivity index (χ2v) is 2.50. The summed E-state index contributed by atoms with van der Waals surface area (Å²) in [6.07, 6.45) is 0. The highest BCUT2D eigenvalue weighted by Gasteiger charge is 2.04. The number of nitrogens with zero attached hydrogens (tertiary/aromatic N) is 1. The van der Waals surface area contributed by atoms with Crippen molar-refractivity contribution in [3.63, 3.8) is 0 Å². The minimum absolute atomic E-state index is 0.0755. The molecule has 0 aromatic heterocycles. The van der Waals surface area contributed by atoms with E-state index in [0.29, 0.717) is 0 Å². The molecule has 0 spiro atoms. The summed E-state index contributed by atoms with van der Waals surface area (Å²) in [6.45, 7) is 1.83. The number of phenols is 1. The van der Waals surface area contributed by atoms with Gasteiger partial charge in [0.1, 0.15) is 11.4 Å². The molecule has 64 valence electrons. The van der Waals surface area contributed by atoms with Crippen molar-refractivity contribution in [3.05, 3.63) is 22.6 Å². The molecular formula is C8H10N2O2.